The number of fused-ring (bicyclic) bond motifs is 1. The normalized spacial score (nSPS) is 17.3. The summed E-state index contributed by atoms with van der Waals surface area (Å²) in [4.78, 5) is 26.0. The van der Waals surface area contributed by atoms with Gasteiger partial charge in [0.1, 0.15) is 18.4 Å². The van der Waals surface area contributed by atoms with Gasteiger partial charge in [0.2, 0.25) is 0 Å². The molecule has 0 aromatic heterocycles. The van der Waals surface area contributed by atoms with Gasteiger partial charge in [0, 0.05) is 12.1 Å². The lowest BCUT2D eigenvalue weighted by molar-refractivity contribution is -0.150. The topological polar surface area (TPSA) is 65.1 Å². The van der Waals surface area contributed by atoms with Crippen LogP contribution < -0.4 is 9.64 Å². The molecular formula is C16H20ClNO5. The zero-order valence-electron chi connectivity index (χ0n) is 13.6. The van der Waals surface area contributed by atoms with Gasteiger partial charge in [-0.2, -0.15) is 0 Å². The van der Waals surface area contributed by atoms with Crippen molar-refractivity contribution in [3.8, 4) is 5.75 Å². The number of esters is 1. The Bertz CT molecular complexity index is 616. The van der Waals surface area contributed by atoms with Crippen molar-refractivity contribution >= 4 is 29.2 Å². The third-order valence-electron chi connectivity index (χ3n) is 3.36. The van der Waals surface area contributed by atoms with E-state index in [1.807, 2.05) is 0 Å². The number of ether oxygens (including phenoxy) is 3. The Labute approximate surface area is 140 Å². The van der Waals surface area contributed by atoms with E-state index in [4.69, 9.17) is 25.8 Å². The van der Waals surface area contributed by atoms with Crippen LogP contribution in [0.2, 0.25) is 5.02 Å². The van der Waals surface area contributed by atoms with Crippen LogP contribution in [0.4, 0.5) is 5.69 Å². The van der Waals surface area contributed by atoms with Crippen molar-refractivity contribution in [1.82, 2.24) is 0 Å². The monoisotopic (exact) mass is 341 g/mol. The highest BCUT2D eigenvalue weighted by molar-refractivity contribution is 6.31. The third kappa shape index (κ3) is 3.95. The summed E-state index contributed by atoms with van der Waals surface area (Å²) in [6.07, 6.45) is -0.393. The second-order valence-corrected chi connectivity index (χ2v) is 6.31. The summed E-state index contributed by atoms with van der Waals surface area (Å²) in [5.74, 6) is -0.355. The van der Waals surface area contributed by atoms with Gasteiger partial charge in [-0.3, -0.25) is 14.5 Å². The molecule has 0 saturated carbocycles. The molecule has 0 N–H and O–H groups in total. The molecule has 0 aliphatic carbocycles. The fourth-order valence-electron chi connectivity index (χ4n) is 2.36. The number of carbonyl (C=O) groups excluding carboxylic acids is 2. The number of halogens is 1. The third-order valence-corrected chi connectivity index (χ3v) is 3.59. The lowest BCUT2D eigenvalue weighted by Crippen LogP contribution is -2.54. The fourth-order valence-corrected chi connectivity index (χ4v) is 2.52. The zero-order chi connectivity index (χ0) is 17.2. The van der Waals surface area contributed by atoms with Crippen molar-refractivity contribution in [3.63, 3.8) is 0 Å². The molecule has 2 rings (SSSR count). The van der Waals surface area contributed by atoms with E-state index in [1.165, 1.54) is 12.0 Å². The van der Waals surface area contributed by atoms with E-state index in [1.54, 1.807) is 39.0 Å². The van der Waals surface area contributed by atoms with Crippen molar-refractivity contribution in [2.45, 2.75) is 32.5 Å². The molecule has 1 heterocycles. The first-order valence-corrected chi connectivity index (χ1v) is 7.61. The summed E-state index contributed by atoms with van der Waals surface area (Å²) in [6.45, 7) is 5.10. The van der Waals surface area contributed by atoms with E-state index in [9.17, 15) is 9.59 Å². The summed E-state index contributed by atoms with van der Waals surface area (Å²) < 4.78 is 15.8. The summed E-state index contributed by atoms with van der Waals surface area (Å²) in [6, 6.07) is 4.94. The van der Waals surface area contributed by atoms with Gasteiger partial charge < -0.3 is 14.2 Å². The first kappa shape index (κ1) is 17.6. The highest BCUT2D eigenvalue weighted by Crippen LogP contribution is 2.39. The number of anilines is 1. The molecule has 126 valence electrons. The molecule has 1 aromatic carbocycles. The number of rotatable bonds is 5. The number of amides is 1. The van der Waals surface area contributed by atoms with Crippen LogP contribution >= 0.6 is 11.6 Å². The predicted octanol–water partition coefficient (Wildman–Crippen LogP) is 2.42. The summed E-state index contributed by atoms with van der Waals surface area (Å²) in [5.41, 5.74) is -0.614. The maximum absolute atomic E-state index is 12.6. The predicted molar refractivity (Wildman–Crippen MR) is 85.9 cm³/mol. The number of methoxy groups -OCH3 is 1. The van der Waals surface area contributed by atoms with Crippen LogP contribution in [0.1, 0.15) is 20.8 Å². The van der Waals surface area contributed by atoms with Gasteiger partial charge in [-0.25, -0.2) is 0 Å². The molecule has 0 radical (unpaired) electrons. The minimum Gasteiger partial charge on any atom is -0.476 e. The Balaban J connectivity index is 2.24. The minimum atomic E-state index is -1.07. The van der Waals surface area contributed by atoms with Gasteiger partial charge in [-0.15, -0.1) is 0 Å². The molecule has 23 heavy (non-hydrogen) atoms. The van der Waals surface area contributed by atoms with Crippen molar-refractivity contribution in [1.29, 1.82) is 0 Å². The molecule has 1 unspecified atom stereocenters. The van der Waals surface area contributed by atoms with Crippen molar-refractivity contribution < 1.29 is 23.8 Å². The second kappa shape index (κ2) is 6.76. The maximum Gasteiger partial charge on any atom is 0.326 e. The average molecular weight is 342 g/mol. The molecule has 1 aliphatic heterocycles. The molecule has 1 amide bonds. The number of carbonyl (C=O) groups is 2. The van der Waals surface area contributed by atoms with Gasteiger partial charge in [-0.05, 0) is 39.0 Å². The standard InChI is InChI=1S/C16H20ClNO5/c1-10(9-21-4)22-14(19)8-18-12-7-11(17)5-6-13(12)23-16(2,3)15(18)20/h5-7,10H,8-9H2,1-4H3. The van der Waals surface area contributed by atoms with E-state index in [-0.39, 0.29) is 19.1 Å². The highest BCUT2D eigenvalue weighted by atomic mass is 35.5. The molecule has 1 aromatic rings. The fraction of sp³-hybridized carbons (Fsp3) is 0.500. The van der Waals surface area contributed by atoms with Crippen LogP contribution in [-0.4, -0.2) is 43.8 Å². The molecule has 1 aliphatic rings. The Morgan fingerprint density at radius 3 is 2.78 bits per heavy atom. The van der Waals surface area contributed by atoms with Crippen molar-refractivity contribution in [2.75, 3.05) is 25.2 Å². The summed E-state index contributed by atoms with van der Waals surface area (Å²) in [5, 5.41) is 0.450. The summed E-state index contributed by atoms with van der Waals surface area (Å²) in [7, 11) is 1.52. The number of benzene rings is 1. The second-order valence-electron chi connectivity index (χ2n) is 5.87. The van der Waals surface area contributed by atoms with E-state index in [0.29, 0.717) is 16.5 Å². The average Bonchev–Trinajstić information content (AvgIpc) is 2.45. The molecule has 1 atom stereocenters. The van der Waals surface area contributed by atoms with Crippen LogP contribution in [0.15, 0.2) is 18.2 Å². The van der Waals surface area contributed by atoms with Crippen LogP contribution in [0.5, 0.6) is 5.75 Å². The van der Waals surface area contributed by atoms with Crippen LogP contribution in [0.3, 0.4) is 0 Å². The van der Waals surface area contributed by atoms with Crippen LogP contribution in [0, 0.1) is 0 Å². The van der Waals surface area contributed by atoms with Crippen LogP contribution in [-0.2, 0) is 19.1 Å². The van der Waals surface area contributed by atoms with Gasteiger partial charge in [0.25, 0.3) is 5.91 Å². The molecule has 0 spiro atoms. The molecule has 6 nitrogen and oxygen atoms in total. The van der Waals surface area contributed by atoms with E-state index < -0.39 is 17.7 Å². The minimum absolute atomic E-state index is 0.215. The first-order valence-electron chi connectivity index (χ1n) is 7.23. The SMILES string of the molecule is COCC(C)OC(=O)CN1C(=O)C(C)(C)Oc2ccc(Cl)cc21. The van der Waals surface area contributed by atoms with Crippen molar-refractivity contribution in [3.05, 3.63) is 23.2 Å². The molecule has 7 heteroatoms. The quantitative estimate of drug-likeness (QED) is 0.769. The van der Waals surface area contributed by atoms with Gasteiger partial charge in [0.15, 0.2) is 5.60 Å². The lowest BCUT2D eigenvalue weighted by atomic mass is 10.0. The smallest absolute Gasteiger partial charge is 0.326 e. The van der Waals surface area contributed by atoms with E-state index in [0.717, 1.165) is 0 Å². The number of nitrogens with zero attached hydrogens (tertiary/aromatic N) is 1. The number of hydrogen-bond donors (Lipinski definition) is 0. The Kier molecular flexibility index (Phi) is 5.16. The summed E-state index contributed by atoms with van der Waals surface area (Å²) >= 11 is 6.00. The zero-order valence-corrected chi connectivity index (χ0v) is 14.3. The molecule has 0 bridgehead atoms. The lowest BCUT2D eigenvalue weighted by Gasteiger charge is -2.38. The van der Waals surface area contributed by atoms with Crippen LogP contribution in [0.25, 0.3) is 0 Å². The van der Waals surface area contributed by atoms with Crippen molar-refractivity contribution in [2.24, 2.45) is 0 Å². The van der Waals surface area contributed by atoms with E-state index >= 15 is 0 Å². The Morgan fingerprint density at radius 2 is 2.13 bits per heavy atom. The van der Waals surface area contributed by atoms with E-state index in [2.05, 4.69) is 0 Å². The molecular weight excluding hydrogens is 322 g/mol. The van der Waals surface area contributed by atoms with Gasteiger partial charge in [-0.1, -0.05) is 11.6 Å². The van der Waals surface area contributed by atoms with Gasteiger partial charge in [0.05, 0.1) is 12.3 Å². The number of hydrogen-bond acceptors (Lipinski definition) is 5. The van der Waals surface area contributed by atoms with Gasteiger partial charge >= 0.3 is 5.97 Å². The Morgan fingerprint density at radius 1 is 1.43 bits per heavy atom. The Hall–Kier alpha value is -1.79. The molecule has 0 fully saturated rings. The largest absolute Gasteiger partial charge is 0.476 e. The highest BCUT2D eigenvalue weighted by Gasteiger charge is 2.42. The molecule has 0 saturated heterocycles. The maximum atomic E-state index is 12.6. The first-order chi connectivity index (χ1) is 10.7.